The molecule has 10 N–H and O–H groups in total. The Hall–Kier alpha value is -5.78. The maximum absolute atomic E-state index is 13.3. The van der Waals surface area contributed by atoms with Crippen LogP contribution >= 0.6 is 23.3 Å². The van der Waals surface area contributed by atoms with Gasteiger partial charge in [-0.15, -0.1) is 21.1 Å². The van der Waals surface area contributed by atoms with Crippen molar-refractivity contribution in [3.05, 3.63) is 23.3 Å². The number of hydrogen-bond donors (Lipinski definition) is 8. The first-order valence-electron chi connectivity index (χ1n) is 14.4. The number of aliphatic imine (C=N–C) groups is 1. The number of nitrogens with one attached hydrogen (secondary N) is 3. The average molecular weight is 738 g/mol. The lowest BCUT2D eigenvalue weighted by atomic mass is 10.0. The molecule has 0 saturated carbocycles. The molecule has 0 aliphatic carbocycles. The zero-order valence-electron chi connectivity index (χ0n) is 26.6. The molecule has 2 aliphatic rings. The molecule has 2 aliphatic heterocycles. The van der Waals surface area contributed by atoms with Crippen LogP contribution in [0.25, 0.3) is 0 Å². The third-order valence-electron chi connectivity index (χ3n) is 7.10. The minimum Gasteiger partial charge on any atom is -0.481 e. The van der Waals surface area contributed by atoms with Crippen LogP contribution in [0.15, 0.2) is 27.6 Å². The molecule has 1 saturated heterocycles. The van der Waals surface area contributed by atoms with Gasteiger partial charge in [0.15, 0.2) is 23.2 Å². The third-order valence-corrected chi connectivity index (χ3v) is 8.98. The summed E-state index contributed by atoms with van der Waals surface area (Å²) in [6.45, 7) is 2.64. The van der Waals surface area contributed by atoms with Crippen molar-refractivity contribution in [3.8, 4) is 0 Å². The molecule has 0 radical (unpaired) electrons. The molecule has 4 heterocycles. The van der Waals surface area contributed by atoms with Crippen molar-refractivity contribution in [1.29, 1.82) is 0 Å². The summed E-state index contributed by atoms with van der Waals surface area (Å²) in [6, 6.07) is -1.80. The Kier molecular flexibility index (Phi) is 11.3. The summed E-state index contributed by atoms with van der Waals surface area (Å²) < 4.78 is 6.93. The lowest BCUT2D eigenvalue weighted by Gasteiger charge is -2.49. The fraction of sp³-hybridized carbons (Fsp3) is 0.423. The smallest absolute Gasteiger partial charge is 0.352 e. The largest absolute Gasteiger partial charge is 0.481 e. The number of carboxylic acid groups (broad SMARTS) is 3. The van der Waals surface area contributed by atoms with Gasteiger partial charge in [0.2, 0.25) is 23.3 Å². The number of nitrogens with zero attached hydrogens (tertiary/aromatic N) is 7. The van der Waals surface area contributed by atoms with Gasteiger partial charge in [0, 0.05) is 35.6 Å². The number of aromatic nitrogens is 4. The quantitative estimate of drug-likeness (QED) is 0.0323. The maximum atomic E-state index is 13.3. The first-order chi connectivity index (χ1) is 23.5. The second kappa shape index (κ2) is 15.2. The standard InChI is InChI=1S/C26H32N12O10S2/c1-26(2,23(45)46)48-34-14(18-33-24(28)50-35-18)19(41)32-15-20(42)38-16(22(43)44)11(10-49-21(15)38)8-37-9-12(17(27)36(37)3)31-25(47)30-7-6-29-5-4-13(39)40/h5,9,15,21,27H,4,6-8,10H2,1-3H3,(H8,28,30,31,32,33,35,39,40,41,43,44,45,46,47)/p+1/b29-5+,34-14-/t15-,21-/m1/s1. The molecule has 268 valence electrons. The van der Waals surface area contributed by atoms with Crippen molar-refractivity contribution < 1.29 is 53.6 Å². The number of carboxylic acids is 3. The van der Waals surface area contributed by atoms with Gasteiger partial charge in [0.1, 0.15) is 17.1 Å². The molecular weight excluding hydrogens is 704 g/mol. The Morgan fingerprint density at radius 1 is 1.22 bits per heavy atom. The molecule has 0 aromatic carbocycles. The predicted molar refractivity (Wildman–Crippen MR) is 176 cm³/mol. The van der Waals surface area contributed by atoms with E-state index in [0.29, 0.717) is 5.57 Å². The number of anilines is 3. The van der Waals surface area contributed by atoms with E-state index in [1.54, 1.807) is 7.05 Å². The lowest BCUT2D eigenvalue weighted by molar-refractivity contribution is -0.765. The van der Waals surface area contributed by atoms with Crippen LogP contribution in [-0.2, 0) is 42.4 Å². The second-order valence-electron chi connectivity index (χ2n) is 11.0. The summed E-state index contributed by atoms with van der Waals surface area (Å²) >= 11 is 1.93. The Balaban J connectivity index is 1.46. The van der Waals surface area contributed by atoms with Crippen LogP contribution < -0.4 is 32.1 Å². The molecule has 2 atom stereocenters. The van der Waals surface area contributed by atoms with Gasteiger partial charge in [-0.25, -0.2) is 14.4 Å². The van der Waals surface area contributed by atoms with Crippen LogP contribution in [0.1, 0.15) is 26.1 Å². The highest BCUT2D eigenvalue weighted by Crippen LogP contribution is 2.40. The molecule has 4 rings (SSSR count). The van der Waals surface area contributed by atoms with Crippen LogP contribution in [0, 0.1) is 0 Å². The monoisotopic (exact) mass is 737 g/mol. The summed E-state index contributed by atoms with van der Waals surface area (Å²) in [5, 5.41) is 38.5. The normalized spacial score (nSPS) is 17.6. The SMILES string of the molecule is Cn1c(N)c(NC(=O)NCC/N=C/CC(=O)O)c[n+]1CC1=C(C(=O)O)N2C(=O)[C@@H](NC(=O)/C(=N\OC(C)(C)C(=O)O)c3nsc(N)n3)[C@H]2SC1. The molecule has 2 aromatic heterocycles. The van der Waals surface area contributed by atoms with Crippen molar-refractivity contribution in [1.82, 2.24) is 29.6 Å². The maximum Gasteiger partial charge on any atom is 0.352 e. The van der Waals surface area contributed by atoms with Gasteiger partial charge in [-0.2, -0.15) is 9.36 Å². The fourth-order valence-corrected chi connectivity index (χ4v) is 6.19. The average Bonchev–Trinajstić information content (AvgIpc) is 3.58. The molecule has 0 unspecified atom stereocenters. The number of rotatable bonds is 15. The number of oxime groups is 1. The number of carbonyl (C=O) groups excluding carboxylic acids is 3. The highest BCUT2D eigenvalue weighted by Gasteiger charge is 2.55. The molecule has 50 heavy (non-hydrogen) atoms. The predicted octanol–water partition coefficient (Wildman–Crippen LogP) is -1.98. The van der Waals surface area contributed by atoms with Gasteiger partial charge in [-0.1, -0.05) is 5.16 Å². The van der Waals surface area contributed by atoms with Crippen molar-refractivity contribution in [2.45, 2.75) is 43.8 Å². The van der Waals surface area contributed by atoms with Crippen molar-refractivity contribution in [3.63, 3.8) is 0 Å². The number of aliphatic carboxylic acids is 3. The van der Waals surface area contributed by atoms with Gasteiger partial charge in [0.05, 0.1) is 20.0 Å². The van der Waals surface area contributed by atoms with E-state index in [1.807, 2.05) is 0 Å². The highest BCUT2D eigenvalue weighted by atomic mass is 32.2. The molecular formula is C26H33N12O10S2+. The van der Waals surface area contributed by atoms with E-state index in [1.165, 1.54) is 47.4 Å². The minimum absolute atomic E-state index is 0.0172. The van der Waals surface area contributed by atoms with E-state index in [0.717, 1.165) is 16.4 Å². The van der Waals surface area contributed by atoms with Gasteiger partial charge in [0.25, 0.3) is 11.8 Å². The van der Waals surface area contributed by atoms with E-state index in [-0.39, 0.29) is 60.0 Å². The molecule has 0 spiro atoms. The summed E-state index contributed by atoms with van der Waals surface area (Å²) in [5.41, 5.74) is 9.68. The van der Waals surface area contributed by atoms with E-state index in [2.05, 4.69) is 35.5 Å². The number of hydrogen-bond acceptors (Lipinski definition) is 15. The number of nitrogens with two attached hydrogens (primary N) is 2. The number of urea groups is 1. The molecule has 0 bridgehead atoms. The summed E-state index contributed by atoms with van der Waals surface area (Å²) in [4.78, 5) is 87.3. The fourth-order valence-electron chi connectivity index (χ4n) is 4.42. The first-order valence-corrected chi connectivity index (χ1v) is 16.2. The van der Waals surface area contributed by atoms with Gasteiger partial charge < -0.3 is 42.3 Å². The minimum atomic E-state index is -1.83. The number of fused-ring (bicyclic) bond motifs is 1. The Morgan fingerprint density at radius 3 is 2.56 bits per heavy atom. The summed E-state index contributed by atoms with van der Waals surface area (Å²) in [6.07, 6.45) is 2.47. The zero-order valence-corrected chi connectivity index (χ0v) is 28.3. The summed E-state index contributed by atoms with van der Waals surface area (Å²) in [5.74, 6) is -5.50. The molecule has 22 nitrogen and oxygen atoms in total. The van der Waals surface area contributed by atoms with Crippen LogP contribution in [0.5, 0.6) is 0 Å². The molecule has 1 fully saturated rings. The van der Waals surface area contributed by atoms with E-state index < -0.39 is 58.5 Å². The van der Waals surface area contributed by atoms with Gasteiger partial charge in [-0.05, 0) is 13.8 Å². The van der Waals surface area contributed by atoms with Gasteiger partial charge in [-0.3, -0.25) is 29.6 Å². The molecule has 4 amide bonds. The number of β-lactam (4-membered cyclic amide) rings is 1. The molecule has 2 aromatic rings. The second-order valence-corrected chi connectivity index (χ2v) is 12.9. The van der Waals surface area contributed by atoms with E-state index >= 15 is 0 Å². The zero-order chi connectivity index (χ0) is 36.9. The lowest BCUT2D eigenvalue weighted by Crippen LogP contribution is -2.71. The number of nitrogen functional groups attached to an aromatic ring is 2. The topological polar surface area (TPSA) is 323 Å². The van der Waals surface area contributed by atoms with Crippen LogP contribution in [0.4, 0.5) is 21.4 Å². The van der Waals surface area contributed by atoms with Crippen LogP contribution in [0.2, 0.25) is 0 Å². The van der Waals surface area contributed by atoms with Crippen molar-refractivity contribution in [2.75, 3.05) is 35.6 Å². The van der Waals surface area contributed by atoms with E-state index in [9.17, 15) is 39.0 Å². The number of thioether (sulfide) groups is 1. The van der Waals surface area contributed by atoms with Crippen molar-refractivity contribution in [2.24, 2.45) is 17.2 Å². The Morgan fingerprint density at radius 2 is 1.94 bits per heavy atom. The highest BCUT2D eigenvalue weighted by molar-refractivity contribution is 8.00. The van der Waals surface area contributed by atoms with Gasteiger partial charge >= 0.3 is 23.9 Å². The third kappa shape index (κ3) is 8.25. The van der Waals surface area contributed by atoms with E-state index in [4.69, 9.17) is 21.4 Å². The van der Waals surface area contributed by atoms with Crippen LogP contribution in [-0.4, -0.2) is 118 Å². The first kappa shape index (κ1) is 37.0. The Labute approximate surface area is 290 Å². The number of amides is 4. The Bertz CT molecular complexity index is 1820. The van der Waals surface area contributed by atoms with Crippen molar-refractivity contribution >= 4 is 87.6 Å². The number of carbonyl (C=O) groups is 6. The molecule has 24 heteroatoms. The van der Waals surface area contributed by atoms with Crippen LogP contribution in [0.3, 0.4) is 0 Å². The summed E-state index contributed by atoms with van der Waals surface area (Å²) in [7, 11) is 1.58.